The minimum atomic E-state index is -3.99. The van der Waals surface area contributed by atoms with Crippen molar-refractivity contribution < 1.29 is 21.9 Å². The molecule has 1 aromatic rings. The molecule has 0 radical (unpaired) electrons. The molecular weight excluding hydrogens is 252 g/mol. The van der Waals surface area contributed by atoms with Crippen molar-refractivity contribution in [2.45, 2.75) is 11.3 Å². The molecule has 0 saturated heterocycles. The monoisotopic (exact) mass is 257 g/mol. The average Bonchev–Trinajstić information content (AvgIpc) is 2.15. The van der Waals surface area contributed by atoms with Crippen LogP contribution in [0, 0.1) is 0 Å². The summed E-state index contributed by atoms with van der Waals surface area (Å²) in [7, 11) is 2.15. The van der Waals surface area contributed by atoms with E-state index in [1.54, 1.807) is 0 Å². The maximum Gasteiger partial charge on any atom is 0.284 e. The summed E-state index contributed by atoms with van der Waals surface area (Å²) in [6.45, 7) is 0. The zero-order valence-electron chi connectivity index (χ0n) is 7.45. The molecule has 0 spiro atoms. The van der Waals surface area contributed by atoms with Crippen molar-refractivity contribution in [1.82, 2.24) is 4.98 Å². The second kappa shape index (κ2) is 4.28. The Labute approximate surface area is 89.3 Å². The van der Waals surface area contributed by atoms with Crippen LogP contribution in [0.3, 0.4) is 0 Å². The predicted molar refractivity (Wildman–Crippen MR) is 48.8 cm³/mol. The van der Waals surface area contributed by atoms with Crippen LogP contribution in [0.2, 0.25) is 0 Å². The maximum absolute atomic E-state index is 12.3. The maximum atomic E-state index is 12.3. The summed E-state index contributed by atoms with van der Waals surface area (Å²) in [6, 6.07) is 0.900. The van der Waals surface area contributed by atoms with E-state index in [9.17, 15) is 17.2 Å². The smallest absolute Gasteiger partial charge is 0.284 e. The highest BCUT2D eigenvalue weighted by molar-refractivity contribution is 8.13. The summed E-state index contributed by atoms with van der Waals surface area (Å²) in [6.07, 6.45) is -2.08. The molecule has 0 unspecified atom stereocenters. The van der Waals surface area contributed by atoms with Crippen molar-refractivity contribution in [3.63, 3.8) is 0 Å². The van der Waals surface area contributed by atoms with Crippen LogP contribution in [0.1, 0.15) is 12.1 Å². The number of halogens is 3. The fourth-order valence-corrected chi connectivity index (χ4v) is 1.58. The van der Waals surface area contributed by atoms with Crippen LogP contribution in [-0.2, 0) is 9.05 Å². The molecule has 8 heteroatoms. The first-order valence-corrected chi connectivity index (χ1v) is 5.94. The topological polar surface area (TPSA) is 56.3 Å². The highest BCUT2D eigenvalue weighted by Crippen LogP contribution is 2.29. The quantitative estimate of drug-likeness (QED) is 0.777. The van der Waals surface area contributed by atoms with Gasteiger partial charge in [0.25, 0.3) is 15.5 Å². The van der Waals surface area contributed by atoms with E-state index in [4.69, 9.17) is 10.7 Å². The fraction of sp³-hybridized carbons (Fsp3) is 0.286. The largest absolute Gasteiger partial charge is 0.495 e. The van der Waals surface area contributed by atoms with Gasteiger partial charge in [0.1, 0.15) is 16.3 Å². The van der Waals surface area contributed by atoms with Crippen LogP contribution < -0.4 is 4.74 Å². The molecule has 1 rings (SSSR count). The van der Waals surface area contributed by atoms with Gasteiger partial charge in [-0.25, -0.2) is 22.2 Å². The summed E-state index contributed by atoms with van der Waals surface area (Å²) in [5.74, 6) is -0.313. The molecule has 84 valence electrons. The second-order valence-corrected chi connectivity index (χ2v) is 5.06. The van der Waals surface area contributed by atoms with Gasteiger partial charge in [-0.15, -0.1) is 0 Å². The molecule has 0 bridgehead atoms. The number of ether oxygens (including phenoxy) is 1. The molecule has 4 nitrogen and oxygen atoms in total. The van der Waals surface area contributed by atoms with Gasteiger partial charge in [-0.3, -0.25) is 0 Å². The molecule has 0 atom stereocenters. The van der Waals surface area contributed by atoms with Crippen molar-refractivity contribution in [3.8, 4) is 5.75 Å². The standard InChI is InChI=1S/C7H6ClF2NO3S/c1-14-5-2-4(15(8,12)13)3-11-6(5)7(9)10/h2-3,7H,1H3. The molecule has 0 amide bonds. The zero-order valence-corrected chi connectivity index (χ0v) is 9.02. The van der Waals surface area contributed by atoms with E-state index >= 15 is 0 Å². The number of pyridine rings is 1. The molecule has 1 heterocycles. The Morgan fingerprint density at radius 3 is 2.53 bits per heavy atom. The predicted octanol–water partition coefficient (Wildman–Crippen LogP) is 1.96. The summed E-state index contributed by atoms with van der Waals surface area (Å²) < 4.78 is 50.9. The SMILES string of the molecule is COc1cc(S(=O)(=O)Cl)cnc1C(F)F. The Morgan fingerprint density at radius 2 is 2.13 bits per heavy atom. The lowest BCUT2D eigenvalue weighted by Gasteiger charge is -2.07. The van der Waals surface area contributed by atoms with Gasteiger partial charge in [-0.2, -0.15) is 0 Å². The molecule has 0 aromatic carbocycles. The first-order valence-electron chi connectivity index (χ1n) is 3.63. The lowest BCUT2D eigenvalue weighted by atomic mass is 10.3. The third kappa shape index (κ3) is 2.75. The van der Waals surface area contributed by atoms with Crippen molar-refractivity contribution >= 4 is 19.7 Å². The van der Waals surface area contributed by atoms with Crippen molar-refractivity contribution in [1.29, 1.82) is 0 Å². The Bertz CT molecular complexity index is 463. The molecule has 0 aliphatic carbocycles. The molecule has 15 heavy (non-hydrogen) atoms. The second-order valence-electron chi connectivity index (χ2n) is 2.50. The molecule has 0 saturated carbocycles. The number of hydrogen-bond acceptors (Lipinski definition) is 4. The minimum Gasteiger partial charge on any atom is -0.495 e. The zero-order chi connectivity index (χ0) is 11.6. The first kappa shape index (κ1) is 12.1. The van der Waals surface area contributed by atoms with Gasteiger partial charge in [-0.05, 0) is 0 Å². The summed E-state index contributed by atoms with van der Waals surface area (Å²) in [5.41, 5.74) is -0.624. The van der Waals surface area contributed by atoms with E-state index in [0.717, 1.165) is 19.4 Å². The Kier molecular flexibility index (Phi) is 3.46. The van der Waals surface area contributed by atoms with E-state index in [1.807, 2.05) is 0 Å². The van der Waals surface area contributed by atoms with Crippen molar-refractivity contribution in [2.24, 2.45) is 0 Å². The molecule has 0 N–H and O–H groups in total. The Morgan fingerprint density at radius 1 is 1.53 bits per heavy atom. The highest BCUT2D eigenvalue weighted by Gasteiger charge is 2.19. The summed E-state index contributed by atoms with van der Waals surface area (Å²) in [5, 5.41) is 0. The molecule has 1 aromatic heterocycles. The lowest BCUT2D eigenvalue weighted by molar-refractivity contribution is 0.141. The third-order valence-electron chi connectivity index (χ3n) is 1.56. The third-order valence-corrected chi connectivity index (χ3v) is 2.89. The lowest BCUT2D eigenvalue weighted by Crippen LogP contribution is -2.00. The van der Waals surface area contributed by atoms with Crippen LogP contribution in [0.4, 0.5) is 8.78 Å². The Hall–Kier alpha value is -0.950. The summed E-state index contributed by atoms with van der Waals surface area (Å²) >= 11 is 0. The van der Waals surface area contributed by atoms with E-state index in [2.05, 4.69) is 9.72 Å². The molecule has 0 aliphatic heterocycles. The van der Waals surface area contributed by atoms with E-state index in [1.165, 1.54) is 0 Å². The number of hydrogen-bond donors (Lipinski definition) is 0. The van der Waals surface area contributed by atoms with Gasteiger partial charge in [-0.1, -0.05) is 0 Å². The molecule has 0 fully saturated rings. The van der Waals surface area contributed by atoms with Gasteiger partial charge < -0.3 is 4.74 Å². The number of nitrogens with zero attached hydrogens (tertiary/aromatic N) is 1. The minimum absolute atomic E-state index is 0.313. The van der Waals surface area contributed by atoms with Crippen molar-refractivity contribution in [3.05, 3.63) is 18.0 Å². The van der Waals surface area contributed by atoms with E-state index in [-0.39, 0.29) is 10.6 Å². The average molecular weight is 258 g/mol. The molecule has 0 aliphatic rings. The van der Waals surface area contributed by atoms with Crippen LogP contribution in [0.15, 0.2) is 17.2 Å². The van der Waals surface area contributed by atoms with Crippen molar-refractivity contribution in [2.75, 3.05) is 7.11 Å². The molecular formula is C7H6ClF2NO3S. The summed E-state index contributed by atoms with van der Waals surface area (Å²) in [4.78, 5) is 2.89. The van der Waals surface area contributed by atoms with Gasteiger partial charge >= 0.3 is 0 Å². The van der Waals surface area contributed by atoms with Crippen LogP contribution in [-0.4, -0.2) is 20.5 Å². The normalized spacial score (nSPS) is 11.8. The van der Waals surface area contributed by atoms with Gasteiger partial charge in [0.15, 0.2) is 0 Å². The van der Waals surface area contributed by atoms with Gasteiger partial charge in [0.2, 0.25) is 0 Å². The van der Waals surface area contributed by atoms with Crippen LogP contribution in [0.5, 0.6) is 5.75 Å². The number of alkyl halides is 2. The number of aromatic nitrogens is 1. The van der Waals surface area contributed by atoms with E-state index in [0.29, 0.717) is 0 Å². The first-order chi connectivity index (χ1) is 6.86. The fourth-order valence-electron chi connectivity index (χ4n) is 0.898. The van der Waals surface area contributed by atoms with Gasteiger partial charge in [0, 0.05) is 22.9 Å². The highest BCUT2D eigenvalue weighted by atomic mass is 35.7. The number of rotatable bonds is 3. The van der Waals surface area contributed by atoms with Crippen LogP contribution >= 0.6 is 10.7 Å². The number of methoxy groups -OCH3 is 1. The Balaban J connectivity index is 3.32. The van der Waals surface area contributed by atoms with E-state index < -0.39 is 21.2 Å². The van der Waals surface area contributed by atoms with Crippen LogP contribution in [0.25, 0.3) is 0 Å². The van der Waals surface area contributed by atoms with Gasteiger partial charge in [0.05, 0.1) is 7.11 Å².